The summed E-state index contributed by atoms with van der Waals surface area (Å²) >= 11 is 0. The van der Waals surface area contributed by atoms with Gasteiger partial charge in [0.2, 0.25) is 11.8 Å². The Labute approximate surface area is 119 Å². The maximum absolute atomic E-state index is 11.9. The van der Waals surface area contributed by atoms with E-state index in [2.05, 4.69) is 5.32 Å². The van der Waals surface area contributed by atoms with Crippen molar-refractivity contribution in [1.82, 2.24) is 10.6 Å². The lowest BCUT2D eigenvalue weighted by Crippen LogP contribution is -2.51. The first kappa shape index (κ1) is 17.0. The van der Waals surface area contributed by atoms with Gasteiger partial charge in [0, 0.05) is 0 Å². The molecule has 0 fully saturated rings. The molecule has 2 amide bonds. The van der Waals surface area contributed by atoms with Crippen molar-refractivity contribution < 1.29 is 22.8 Å². The van der Waals surface area contributed by atoms with Crippen LogP contribution >= 0.6 is 0 Å². The third kappa shape index (κ3) is 5.42. The molecule has 0 aliphatic rings. The summed E-state index contributed by atoms with van der Waals surface area (Å²) in [5.74, 6) is -1.60. The number of alkyl halides is 3. The standard InChI is InChI=1S/C13H16F3N3O2/c1-12(17,9-5-3-2-4-6-9)11(21)18-7-10(20)19-8-13(14,15)16/h2-6H,7-8,17H2,1H3,(H,18,21)(H,19,20). The molecule has 0 aliphatic heterocycles. The summed E-state index contributed by atoms with van der Waals surface area (Å²) in [6, 6.07) is 8.43. The average Bonchev–Trinajstić information content (AvgIpc) is 2.42. The Morgan fingerprint density at radius 1 is 1.14 bits per heavy atom. The van der Waals surface area contributed by atoms with Gasteiger partial charge in [-0.05, 0) is 12.5 Å². The average molecular weight is 303 g/mol. The number of amides is 2. The van der Waals surface area contributed by atoms with E-state index in [0.29, 0.717) is 5.56 Å². The summed E-state index contributed by atoms with van der Waals surface area (Å²) in [6.07, 6.45) is -4.49. The van der Waals surface area contributed by atoms with E-state index in [1.807, 2.05) is 0 Å². The summed E-state index contributed by atoms with van der Waals surface area (Å²) < 4.78 is 35.7. The minimum Gasteiger partial charge on any atom is -0.345 e. The Morgan fingerprint density at radius 2 is 1.71 bits per heavy atom. The number of nitrogens with two attached hydrogens (primary N) is 1. The van der Waals surface area contributed by atoms with Gasteiger partial charge in [-0.3, -0.25) is 9.59 Å². The summed E-state index contributed by atoms with van der Waals surface area (Å²) in [5.41, 5.74) is 5.03. The van der Waals surface area contributed by atoms with E-state index >= 15 is 0 Å². The maximum Gasteiger partial charge on any atom is 0.405 e. The Kier molecular flexibility index (Phi) is 5.31. The molecular formula is C13H16F3N3O2. The molecule has 0 saturated heterocycles. The lowest BCUT2D eigenvalue weighted by atomic mass is 9.92. The number of nitrogens with one attached hydrogen (secondary N) is 2. The van der Waals surface area contributed by atoms with E-state index in [1.165, 1.54) is 6.92 Å². The number of halogens is 3. The van der Waals surface area contributed by atoms with Crippen LogP contribution < -0.4 is 16.4 Å². The molecule has 1 atom stereocenters. The second-order valence-electron chi connectivity index (χ2n) is 4.64. The van der Waals surface area contributed by atoms with Gasteiger partial charge in [0.15, 0.2) is 0 Å². The number of hydrogen-bond acceptors (Lipinski definition) is 3. The van der Waals surface area contributed by atoms with Crippen LogP contribution in [0.3, 0.4) is 0 Å². The van der Waals surface area contributed by atoms with E-state index in [-0.39, 0.29) is 0 Å². The Balaban J connectivity index is 2.52. The molecule has 4 N–H and O–H groups in total. The number of benzene rings is 1. The lowest BCUT2D eigenvalue weighted by Gasteiger charge is -2.23. The van der Waals surface area contributed by atoms with Crippen LogP contribution in [0.2, 0.25) is 0 Å². The predicted octanol–water partition coefficient (Wildman–Crippen LogP) is 0.655. The molecule has 1 unspecified atom stereocenters. The van der Waals surface area contributed by atoms with Gasteiger partial charge >= 0.3 is 6.18 Å². The maximum atomic E-state index is 11.9. The largest absolute Gasteiger partial charge is 0.405 e. The minimum absolute atomic E-state index is 0.526. The zero-order chi connectivity index (χ0) is 16.1. The molecule has 116 valence electrons. The van der Waals surface area contributed by atoms with Crippen molar-refractivity contribution >= 4 is 11.8 Å². The fourth-order valence-corrected chi connectivity index (χ4v) is 1.52. The van der Waals surface area contributed by atoms with E-state index in [9.17, 15) is 22.8 Å². The molecule has 0 aliphatic carbocycles. The third-order valence-corrected chi connectivity index (χ3v) is 2.74. The molecule has 0 heterocycles. The number of hydrogen-bond donors (Lipinski definition) is 3. The van der Waals surface area contributed by atoms with Gasteiger partial charge in [0.1, 0.15) is 12.1 Å². The summed E-state index contributed by atoms with van der Waals surface area (Å²) in [5, 5.41) is 3.86. The molecule has 1 aromatic carbocycles. The highest BCUT2D eigenvalue weighted by atomic mass is 19.4. The number of carbonyl (C=O) groups excluding carboxylic acids is 2. The number of rotatable bonds is 5. The molecule has 21 heavy (non-hydrogen) atoms. The second kappa shape index (κ2) is 6.57. The van der Waals surface area contributed by atoms with Gasteiger partial charge in [-0.2, -0.15) is 13.2 Å². The highest BCUT2D eigenvalue weighted by Crippen LogP contribution is 2.17. The van der Waals surface area contributed by atoms with E-state index in [1.54, 1.807) is 35.6 Å². The zero-order valence-corrected chi connectivity index (χ0v) is 11.3. The molecular weight excluding hydrogens is 287 g/mol. The molecule has 1 aromatic rings. The molecule has 8 heteroatoms. The van der Waals surface area contributed by atoms with Gasteiger partial charge in [-0.25, -0.2) is 0 Å². The summed E-state index contributed by atoms with van der Waals surface area (Å²) in [7, 11) is 0. The fourth-order valence-electron chi connectivity index (χ4n) is 1.52. The van der Waals surface area contributed by atoms with Crippen LogP contribution in [0.15, 0.2) is 30.3 Å². The van der Waals surface area contributed by atoms with Gasteiger partial charge in [0.25, 0.3) is 0 Å². The minimum atomic E-state index is -4.49. The molecule has 0 bridgehead atoms. The van der Waals surface area contributed by atoms with Crippen molar-refractivity contribution in [3.8, 4) is 0 Å². The monoisotopic (exact) mass is 303 g/mol. The summed E-state index contributed by atoms with van der Waals surface area (Å²) in [4.78, 5) is 23.1. The summed E-state index contributed by atoms with van der Waals surface area (Å²) in [6.45, 7) is -0.569. The Morgan fingerprint density at radius 3 is 2.24 bits per heavy atom. The first-order valence-electron chi connectivity index (χ1n) is 6.09. The lowest BCUT2D eigenvalue weighted by molar-refractivity contribution is -0.138. The van der Waals surface area contributed by atoms with Crippen LogP contribution in [0.25, 0.3) is 0 Å². The van der Waals surface area contributed by atoms with Gasteiger partial charge in [0.05, 0.1) is 6.54 Å². The van der Waals surface area contributed by atoms with Gasteiger partial charge < -0.3 is 16.4 Å². The third-order valence-electron chi connectivity index (χ3n) is 2.74. The van der Waals surface area contributed by atoms with Crippen LogP contribution in [-0.2, 0) is 15.1 Å². The van der Waals surface area contributed by atoms with Crippen molar-refractivity contribution in [1.29, 1.82) is 0 Å². The van der Waals surface area contributed by atoms with E-state index in [0.717, 1.165) is 0 Å². The fraction of sp³-hybridized carbons (Fsp3) is 0.385. The van der Waals surface area contributed by atoms with Crippen LogP contribution in [0.4, 0.5) is 13.2 Å². The van der Waals surface area contributed by atoms with Gasteiger partial charge in [-0.15, -0.1) is 0 Å². The Bertz CT molecular complexity index is 501. The van der Waals surface area contributed by atoms with Gasteiger partial charge in [-0.1, -0.05) is 30.3 Å². The van der Waals surface area contributed by atoms with Crippen LogP contribution in [0.1, 0.15) is 12.5 Å². The topological polar surface area (TPSA) is 84.2 Å². The molecule has 0 aromatic heterocycles. The molecule has 5 nitrogen and oxygen atoms in total. The van der Waals surface area contributed by atoms with Crippen molar-refractivity contribution in [2.24, 2.45) is 5.73 Å². The van der Waals surface area contributed by atoms with Crippen LogP contribution in [0.5, 0.6) is 0 Å². The normalized spacial score (nSPS) is 14.1. The SMILES string of the molecule is CC(N)(C(=O)NCC(=O)NCC(F)(F)F)c1ccccc1. The second-order valence-corrected chi connectivity index (χ2v) is 4.64. The van der Waals surface area contributed by atoms with Crippen molar-refractivity contribution in [2.75, 3.05) is 13.1 Å². The zero-order valence-electron chi connectivity index (χ0n) is 11.3. The Hall–Kier alpha value is -2.09. The highest BCUT2D eigenvalue weighted by molar-refractivity contribution is 5.90. The predicted molar refractivity (Wildman–Crippen MR) is 70.1 cm³/mol. The van der Waals surface area contributed by atoms with Crippen molar-refractivity contribution in [3.63, 3.8) is 0 Å². The highest BCUT2D eigenvalue weighted by Gasteiger charge is 2.31. The number of carbonyl (C=O) groups is 2. The quantitative estimate of drug-likeness (QED) is 0.747. The van der Waals surface area contributed by atoms with Crippen LogP contribution in [0, 0.1) is 0 Å². The van der Waals surface area contributed by atoms with E-state index in [4.69, 9.17) is 5.73 Å². The van der Waals surface area contributed by atoms with E-state index < -0.39 is 36.6 Å². The van der Waals surface area contributed by atoms with Crippen molar-refractivity contribution in [3.05, 3.63) is 35.9 Å². The first-order valence-corrected chi connectivity index (χ1v) is 6.09. The van der Waals surface area contributed by atoms with Crippen LogP contribution in [-0.4, -0.2) is 31.1 Å². The molecule has 0 spiro atoms. The first-order chi connectivity index (χ1) is 9.63. The molecule has 0 saturated carbocycles. The smallest absolute Gasteiger partial charge is 0.345 e. The van der Waals surface area contributed by atoms with Crippen molar-refractivity contribution in [2.45, 2.75) is 18.6 Å². The molecule has 1 rings (SSSR count). The molecule has 0 radical (unpaired) electrons.